The van der Waals surface area contributed by atoms with Crippen molar-refractivity contribution in [1.29, 1.82) is 0 Å². The lowest BCUT2D eigenvalue weighted by Gasteiger charge is -2.25. The summed E-state index contributed by atoms with van der Waals surface area (Å²) in [6.07, 6.45) is 0. The van der Waals surface area contributed by atoms with E-state index < -0.39 is 29.3 Å². The molecule has 0 aromatic heterocycles. The Labute approximate surface area is 139 Å². The first-order valence-corrected chi connectivity index (χ1v) is 7.57. The van der Waals surface area contributed by atoms with Crippen LogP contribution in [0.1, 0.15) is 31.0 Å². The molecule has 0 aliphatic rings. The zero-order valence-corrected chi connectivity index (χ0v) is 13.5. The smallest absolute Gasteiger partial charge is 0.315 e. The zero-order chi connectivity index (χ0) is 17.7. The number of aliphatic hydroxyl groups is 1. The van der Waals surface area contributed by atoms with Crippen molar-refractivity contribution in [2.24, 2.45) is 0 Å². The lowest BCUT2D eigenvalue weighted by atomic mass is 9.96. The van der Waals surface area contributed by atoms with E-state index in [9.17, 15) is 18.7 Å². The molecule has 0 radical (unpaired) electrons. The van der Waals surface area contributed by atoms with Gasteiger partial charge in [0.25, 0.3) is 0 Å². The summed E-state index contributed by atoms with van der Waals surface area (Å²) in [6.45, 7) is 3.26. The number of halogens is 2. The number of benzene rings is 2. The van der Waals surface area contributed by atoms with Gasteiger partial charge in [-0.05, 0) is 37.1 Å². The summed E-state index contributed by atoms with van der Waals surface area (Å²) >= 11 is 0. The van der Waals surface area contributed by atoms with Crippen molar-refractivity contribution in [3.8, 4) is 0 Å². The Bertz CT molecular complexity index is 705. The van der Waals surface area contributed by atoms with E-state index >= 15 is 0 Å². The summed E-state index contributed by atoms with van der Waals surface area (Å²) in [5.74, 6) is -1.90. The summed E-state index contributed by atoms with van der Waals surface area (Å²) in [4.78, 5) is 12.0. The van der Waals surface area contributed by atoms with E-state index in [0.29, 0.717) is 11.1 Å². The number of amides is 2. The van der Waals surface area contributed by atoms with Gasteiger partial charge in [0, 0.05) is 0 Å². The van der Waals surface area contributed by atoms with E-state index in [-0.39, 0.29) is 6.54 Å². The molecule has 0 saturated heterocycles. The van der Waals surface area contributed by atoms with Gasteiger partial charge in [-0.25, -0.2) is 13.6 Å². The summed E-state index contributed by atoms with van der Waals surface area (Å²) < 4.78 is 26.2. The zero-order valence-electron chi connectivity index (χ0n) is 13.5. The standard InChI is InChI=1S/C18H20F2N2O2/c1-12(13-8-9-15(19)16(20)10-13)22-17(23)21-11-18(2,24)14-6-4-3-5-7-14/h3-10,12,24H,11H2,1-2H3,(H2,21,22,23). The molecule has 0 aliphatic heterocycles. The van der Waals surface area contributed by atoms with Crippen molar-refractivity contribution in [2.45, 2.75) is 25.5 Å². The molecule has 0 spiro atoms. The van der Waals surface area contributed by atoms with E-state index in [4.69, 9.17) is 0 Å². The van der Waals surface area contributed by atoms with Crippen LogP contribution in [0.15, 0.2) is 48.5 Å². The molecular formula is C18H20F2N2O2. The van der Waals surface area contributed by atoms with E-state index in [0.717, 1.165) is 12.1 Å². The van der Waals surface area contributed by atoms with E-state index in [1.165, 1.54) is 6.07 Å². The molecule has 2 aromatic carbocycles. The molecule has 0 aliphatic carbocycles. The SMILES string of the molecule is CC(NC(=O)NCC(C)(O)c1ccccc1)c1ccc(F)c(F)c1. The van der Waals surface area contributed by atoms with E-state index in [1.54, 1.807) is 38.1 Å². The molecule has 2 unspecified atom stereocenters. The fraction of sp³-hybridized carbons (Fsp3) is 0.278. The maximum absolute atomic E-state index is 13.2. The minimum Gasteiger partial charge on any atom is -0.384 e. The first-order chi connectivity index (χ1) is 11.3. The fourth-order valence-corrected chi connectivity index (χ4v) is 2.26. The minimum absolute atomic E-state index is 0.00729. The van der Waals surface area contributed by atoms with Gasteiger partial charge in [-0.2, -0.15) is 0 Å². The highest BCUT2D eigenvalue weighted by molar-refractivity contribution is 5.74. The number of hydrogen-bond donors (Lipinski definition) is 3. The van der Waals surface area contributed by atoms with Gasteiger partial charge >= 0.3 is 6.03 Å². The molecular weight excluding hydrogens is 314 g/mol. The van der Waals surface area contributed by atoms with Crippen molar-refractivity contribution >= 4 is 6.03 Å². The number of rotatable bonds is 5. The second kappa shape index (κ2) is 7.40. The Morgan fingerprint density at radius 3 is 2.46 bits per heavy atom. The Morgan fingerprint density at radius 2 is 1.83 bits per heavy atom. The summed E-state index contributed by atoms with van der Waals surface area (Å²) in [7, 11) is 0. The second-order valence-electron chi connectivity index (χ2n) is 5.86. The molecule has 3 N–H and O–H groups in total. The highest BCUT2D eigenvalue weighted by Gasteiger charge is 2.23. The van der Waals surface area contributed by atoms with Crippen LogP contribution in [0.2, 0.25) is 0 Å². The Balaban J connectivity index is 1.92. The van der Waals surface area contributed by atoms with Gasteiger partial charge in [0.15, 0.2) is 11.6 Å². The maximum atomic E-state index is 13.2. The van der Waals surface area contributed by atoms with Gasteiger partial charge in [0.2, 0.25) is 0 Å². The summed E-state index contributed by atoms with van der Waals surface area (Å²) in [5, 5.41) is 15.6. The predicted octanol–water partition coefficient (Wildman–Crippen LogP) is 3.23. The maximum Gasteiger partial charge on any atom is 0.315 e. The van der Waals surface area contributed by atoms with Gasteiger partial charge < -0.3 is 15.7 Å². The molecule has 24 heavy (non-hydrogen) atoms. The average molecular weight is 334 g/mol. The first kappa shape index (κ1) is 17.9. The van der Waals surface area contributed by atoms with Crippen LogP contribution in [0.3, 0.4) is 0 Å². The molecule has 0 saturated carbocycles. The average Bonchev–Trinajstić information content (AvgIpc) is 2.56. The van der Waals surface area contributed by atoms with Crippen LogP contribution in [0.4, 0.5) is 13.6 Å². The van der Waals surface area contributed by atoms with Gasteiger partial charge in [-0.3, -0.25) is 0 Å². The van der Waals surface area contributed by atoms with E-state index in [2.05, 4.69) is 10.6 Å². The summed E-state index contributed by atoms with van der Waals surface area (Å²) in [6, 6.07) is 11.4. The van der Waals surface area contributed by atoms with Crippen LogP contribution in [0, 0.1) is 11.6 Å². The van der Waals surface area contributed by atoms with Crippen molar-refractivity contribution in [3.05, 3.63) is 71.3 Å². The molecule has 128 valence electrons. The summed E-state index contributed by atoms with van der Waals surface area (Å²) in [5.41, 5.74) is -0.0954. The normalized spacial score (nSPS) is 14.5. The van der Waals surface area contributed by atoms with Gasteiger partial charge in [-0.1, -0.05) is 36.4 Å². The number of urea groups is 1. The quantitative estimate of drug-likeness (QED) is 0.786. The molecule has 2 amide bonds. The fourth-order valence-electron chi connectivity index (χ4n) is 2.26. The van der Waals surface area contributed by atoms with Crippen LogP contribution < -0.4 is 10.6 Å². The number of nitrogens with one attached hydrogen (secondary N) is 2. The first-order valence-electron chi connectivity index (χ1n) is 7.57. The van der Waals surface area contributed by atoms with Crippen LogP contribution in [-0.4, -0.2) is 17.7 Å². The molecule has 0 heterocycles. The van der Waals surface area contributed by atoms with Crippen LogP contribution >= 0.6 is 0 Å². The molecule has 2 rings (SSSR count). The van der Waals surface area contributed by atoms with Crippen LogP contribution in [0.25, 0.3) is 0 Å². The van der Waals surface area contributed by atoms with E-state index in [1.807, 2.05) is 6.07 Å². The molecule has 2 aromatic rings. The van der Waals surface area contributed by atoms with Crippen molar-refractivity contribution < 1.29 is 18.7 Å². The number of carbonyl (C=O) groups is 1. The van der Waals surface area contributed by atoms with Gasteiger partial charge in [-0.15, -0.1) is 0 Å². The monoisotopic (exact) mass is 334 g/mol. The third-order valence-electron chi connectivity index (χ3n) is 3.78. The lowest BCUT2D eigenvalue weighted by molar-refractivity contribution is 0.0593. The van der Waals surface area contributed by atoms with Crippen molar-refractivity contribution in [3.63, 3.8) is 0 Å². The Morgan fingerprint density at radius 1 is 1.17 bits per heavy atom. The number of carbonyl (C=O) groups excluding carboxylic acids is 1. The molecule has 0 bridgehead atoms. The van der Waals surface area contributed by atoms with Crippen LogP contribution in [-0.2, 0) is 5.60 Å². The van der Waals surface area contributed by atoms with Crippen molar-refractivity contribution in [2.75, 3.05) is 6.54 Å². The van der Waals surface area contributed by atoms with Gasteiger partial charge in [0.1, 0.15) is 5.60 Å². The van der Waals surface area contributed by atoms with Gasteiger partial charge in [0.05, 0.1) is 12.6 Å². The Hall–Kier alpha value is -2.47. The predicted molar refractivity (Wildman–Crippen MR) is 87.3 cm³/mol. The highest BCUT2D eigenvalue weighted by Crippen LogP contribution is 2.19. The lowest BCUT2D eigenvalue weighted by Crippen LogP contribution is -2.44. The molecule has 0 fully saturated rings. The minimum atomic E-state index is -1.22. The molecule has 2 atom stereocenters. The second-order valence-corrected chi connectivity index (χ2v) is 5.86. The highest BCUT2D eigenvalue weighted by atomic mass is 19.2. The van der Waals surface area contributed by atoms with Crippen LogP contribution in [0.5, 0.6) is 0 Å². The topological polar surface area (TPSA) is 61.4 Å². The largest absolute Gasteiger partial charge is 0.384 e. The molecule has 6 heteroatoms. The van der Waals surface area contributed by atoms with Crippen molar-refractivity contribution in [1.82, 2.24) is 10.6 Å². The molecule has 4 nitrogen and oxygen atoms in total. The third kappa shape index (κ3) is 4.52. The third-order valence-corrected chi connectivity index (χ3v) is 3.78. The number of hydrogen-bond acceptors (Lipinski definition) is 2. The Kier molecular flexibility index (Phi) is 5.51.